The number of rotatable bonds is 3. The normalized spacial score (nSPS) is 21.3. The predicted molar refractivity (Wildman–Crippen MR) is 79.1 cm³/mol. The number of nitrogens with zero attached hydrogens (tertiary/aromatic N) is 3. The maximum atomic E-state index is 10.7. The van der Waals surface area contributed by atoms with Crippen LogP contribution in [0.5, 0.6) is 0 Å². The van der Waals surface area contributed by atoms with Crippen molar-refractivity contribution in [3.05, 3.63) is 34.4 Å². The maximum absolute atomic E-state index is 10.7. The Morgan fingerprint density at radius 3 is 2.15 bits per heavy atom. The van der Waals surface area contributed by atoms with Gasteiger partial charge >= 0.3 is 0 Å². The third-order valence-corrected chi connectivity index (χ3v) is 4.55. The number of nitro groups is 1. The van der Waals surface area contributed by atoms with Crippen LogP contribution >= 0.6 is 0 Å². The van der Waals surface area contributed by atoms with Crippen LogP contribution in [0.4, 0.5) is 11.4 Å². The fourth-order valence-electron chi connectivity index (χ4n) is 3.38. The number of piperidine rings is 1. The Hall–Kier alpha value is -1.62. The van der Waals surface area contributed by atoms with E-state index in [1.165, 1.54) is 38.8 Å². The molecule has 2 fully saturated rings. The second kappa shape index (κ2) is 5.79. The lowest BCUT2D eigenvalue weighted by Gasteiger charge is -2.37. The summed E-state index contributed by atoms with van der Waals surface area (Å²) in [6.45, 7) is 4.64. The largest absolute Gasteiger partial charge is 0.371 e. The molecule has 2 saturated heterocycles. The van der Waals surface area contributed by atoms with Gasteiger partial charge in [-0.15, -0.1) is 0 Å². The molecule has 2 aliphatic rings. The number of nitro benzene ring substituents is 1. The van der Waals surface area contributed by atoms with E-state index in [-0.39, 0.29) is 10.6 Å². The third-order valence-electron chi connectivity index (χ3n) is 4.55. The molecule has 5 nitrogen and oxygen atoms in total. The van der Waals surface area contributed by atoms with E-state index in [1.54, 1.807) is 12.1 Å². The number of likely N-dealkylation sites (tertiary alicyclic amines) is 1. The minimum Gasteiger partial charge on any atom is -0.371 e. The van der Waals surface area contributed by atoms with Crippen LogP contribution in [0.25, 0.3) is 0 Å². The van der Waals surface area contributed by atoms with Crippen molar-refractivity contribution < 1.29 is 4.92 Å². The Morgan fingerprint density at radius 1 is 1.00 bits per heavy atom. The molecule has 1 aromatic carbocycles. The van der Waals surface area contributed by atoms with E-state index in [9.17, 15) is 10.1 Å². The highest BCUT2D eigenvalue weighted by Gasteiger charge is 2.26. The number of non-ortho nitro benzene ring substituents is 1. The summed E-state index contributed by atoms with van der Waals surface area (Å²) in [4.78, 5) is 15.3. The van der Waals surface area contributed by atoms with Crippen molar-refractivity contribution in [1.82, 2.24) is 4.90 Å². The van der Waals surface area contributed by atoms with Gasteiger partial charge in [-0.25, -0.2) is 0 Å². The molecule has 2 heterocycles. The van der Waals surface area contributed by atoms with Crippen LogP contribution in [0.3, 0.4) is 0 Å². The average molecular weight is 275 g/mol. The predicted octanol–water partition coefficient (Wildman–Crippen LogP) is 2.66. The van der Waals surface area contributed by atoms with Gasteiger partial charge in [0.05, 0.1) is 4.92 Å². The topological polar surface area (TPSA) is 49.6 Å². The van der Waals surface area contributed by atoms with Gasteiger partial charge in [-0.3, -0.25) is 10.1 Å². The molecule has 1 aromatic rings. The first-order chi connectivity index (χ1) is 9.74. The zero-order valence-corrected chi connectivity index (χ0v) is 11.7. The number of benzene rings is 1. The summed E-state index contributed by atoms with van der Waals surface area (Å²) in [6.07, 6.45) is 5.11. The second-order valence-corrected chi connectivity index (χ2v) is 5.73. The van der Waals surface area contributed by atoms with E-state index in [2.05, 4.69) is 9.80 Å². The van der Waals surface area contributed by atoms with Crippen LogP contribution < -0.4 is 4.90 Å². The Kier molecular flexibility index (Phi) is 3.87. The molecule has 0 unspecified atom stereocenters. The molecule has 0 saturated carbocycles. The molecule has 108 valence electrons. The molecule has 0 aromatic heterocycles. The second-order valence-electron chi connectivity index (χ2n) is 5.73. The van der Waals surface area contributed by atoms with Gasteiger partial charge in [0.25, 0.3) is 5.69 Å². The van der Waals surface area contributed by atoms with Crippen molar-refractivity contribution in [1.29, 1.82) is 0 Å². The standard InChI is InChI=1S/C15H21N3O2/c19-18(20)15-5-3-13(4-6-15)17-11-7-14(8-12-17)16-9-1-2-10-16/h3-6,14H,1-2,7-12H2. The number of anilines is 1. The first-order valence-corrected chi connectivity index (χ1v) is 7.47. The zero-order chi connectivity index (χ0) is 13.9. The molecule has 20 heavy (non-hydrogen) atoms. The van der Waals surface area contributed by atoms with Crippen LogP contribution in [0, 0.1) is 10.1 Å². The van der Waals surface area contributed by atoms with Crippen LogP contribution in [-0.2, 0) is 0 Å². The van der Waals surface area contributed by atoms with E-state index in [1.807, 2.05) is 12.1 Å². The summed E-state index contributed by atoms with van der Waals surface area (Å²) < 4.78 is 0. The Bertz CT molecular complexity index is 461. The van der Waals surface area contributed by atoms with Crippen molar-refractivity contribution >= 4 is 11.4 Å². The number of hydrogen-bond acceptors (Lipinski definition) is 4. The molecule has 0 spiro atoms. The zero-order valence-electron chi connectivity index (χ0n) is 11.7. The Balaban J connectivity index is 1.58. The molecule has 0 atom stereocenters. The first kappa shape index (κ1) is 13.4. The number of hydrogen-bond donors (Lipinski definition) is 0. The molecule has 3 rings (SSSR count). The fourth-order valence-corrected chi connectivity index (χ4v) is 3.38. The summed E-state index contributed by atoms with van der Waals surface area (Å²) in [6, 6.07) is 7.68. The van der Waals surface area contributed by atoms with E-state index < -0.39 is 0 Å². The van der Waals surface area contributed by atoms with Gasteiger partial charge < -0.3 is 9.80 Å². The van der Waals surface area contributed by atoms with Crippen molar-refractivity contribution in [2.45, 2.75) is 31.7 Å². The Morgan fingerprint density at radius 2 is 1.60 bits per heavy atom. The minimum absolute atomic E-state index is 0.167. The molecular weight excluding hydrogens is 254 g/mol. The summed E-state index contributed by atoms with van der Waals surface area (Å²) in [5, 5.41) is 10.7. The lowest BCUT2D eigenvalue weighted by atomic mass is 10.0. The fraction of sp³-hybridized carbons (Fsp3) is 0.600. The highest BCUT2D eigenvalue weighted by molar-refractivity contribution is 5.51. The smallest absolute Gasteiger partial charge is 0.269 e. The third kappa shape index (κ3) is 2.77. The molecule has 0 amide bonds. The van der Waals surface area contributed by atoms with Crippen LogP contribution in [0.1, 0.15) is 25.7 Å². The quantitative estimate of drug-likeness (QED) is 0.628. The van der Waals surface area contributed by atoms with Crippen LogP contribution in [-0.4, -0.2) is 42.0 Å². The molecule has 0 aliphatic carbocycles. The average Bonchev–Trinajstić information content (AvgIpc) is 3.02. The molecular formula is C15H21N3O2. The summed E-state index contributed by atoms with van der Waals surface area (Å²) in [7, 11) is 0. The van der Waals surface area contributed by atoms with Gasteiger partial charge in [0.15, 0.2) is 0 Å². The van der Waals surface area contributed by atoms with Crippen LogP contribution in [0.2, 0.25) is 0 Å². The highest BCUT2D eigenvalue weighted by atomic mass is 16.6. The lowest BCUT2D eigenvalue weighted by Crippen LogP contribution is -2.43. The van der Waals surface area contributed by atoms with E-state index in [0.29, 0.717) is 0 Å². The van der Waals surface area contributed by atoms with Crippen molar-refractivity contribution in [2.24, 2.45) is 0 Å². The van der Waals surface area contributed by atoms with Gasteiger partial charge in [-0.05, 0) is 50.9 Å². The van der Waals surface area contributed by atoms with E-state index >= 15 is 0 Å². The molecule has 0 N–H and O–H groups in total. The maximum Gasteiger partial charge on any atom is 0.269 e. The summed E-state index contributed by atoms with van der Waals surface area (Å²) in [5.41, 5.74) is 1.27. The monoisotopic (exact) mass is 275 g/mol. The summed E-state index contributed by atoms with van der Waals surface area (Å²) in [5.74, 6) is 0. The Labute approximate surface area is 119 Å². The minimum atomic E-state index is -0.344. The first-order valence-electron chi connectivity index (χ1n) is 7.47. The summed E-state index contributed by atoms with van der Waals surface area (Å²) >= 11 is 0. The van der Waals surface area contributed by atoms with Gasteiger partial charge in [0, 0.05) is 37.0 Å². The SMILES string of the molecule is O=[N+]([O-])c1ccc(N2CCC(N3CCCC3)CC2)cc1. The molecule has 2 aliphatic heterocycles. The molecule has 5 heteroatoms. The van der Waals surface area contributed by atoms with E-state index in [4.69, 9.17) is 0 Å². The molecule has 0 radical (unpaired) electrons. The van der Waals surface area contributed by atoms with Gasteiger partial charge in [0.2, 0.25) is 0 Å². The van der Waals surface area contributed by atoms with Crippen molar-refractivity contribution in [2.75, 3.05) is 31.1 Å². The highest BCUT2D eigenvalue weighted by Crippen LogP contribution is 2.26. The van der Waals surface area contributed by atoms with Gasteiger partial charge in [-0.2, -0.15) is 0 Å². The molecule has 0 bridgehead atoms. The van der Waals surface area contributed by atoms with Crippen molar-refractivity contribution in [3.63, 3.8) is 0 Å². The van der Waals surface area contributed by atoms with Gasteiger partial charge in [-0.1, -0.05) is 0 Å². The lowest BCUT2D eigenvalue weighted by molar-refractivity contribution is -0.384. The van der Waals surface area contributed by atoms with Gasteiger partial charge in [0.1, 0.15) is 0 Å². The van der Waals surface area contributed by atoms with E-state index in [0.717, 1.165) is 24.8 Å². The van der Waals surface area contributed by atoms with Crippen LogP contribution in [0.15, 0.2) is 24.3 Å². The van der Waals surface area contributed by atoms with Crippen molar-refractivity contribution in [3.8, 4) is 0 Å².